The van der Waals surface area contributed by atoms with Gasteiger partial charge in [0.2, 0.25) is 0 Å². The normalized spacial score (nSPS) is 17.3. The highest BCUT2D eigenvalue weighted by Crippen LogP contribution is 2.13. The molecular formula is C12H20O4. The van der Waals surface area contributed by atoms with E-state index < -0.39 is 5.97 Å². The Morgan fingerprint density at radius 1 is 1.06 bits per heavy atom. The molecule has 0 bridgehead atoms. The van der Waals surface area contributed by atoms with Crippen molar-refractivity contribution in [3.05, 3.63) is 23.7 Å². The second-order valence-electron chi connectivity index (χ2n) is 3.69. The Balaban J connectivity index is 0.000000217. The summed E-state index contributed by atoms with van der Waals surface area (Å²) >= 11 is 0. The molecular weight excluding hydrogens is 208 g/mol. The topological polar surface area (TPSA) is 77.8 Å². The van der Waals surface area contributed by atoms with Crippen molar-refractivity contribution in [3.8, 4) is 0 Å². The first-order chi connectivity index (χ1) is 7.52. The quantitative estimate of drug-likeness (QED) is 0.594. The second kappa shape index (κ2) is 8.83. The summed E-state index contributed by atoms with van der Waals surface area (Å²) in [6, 6.07) is 0. The standard InChI is InChI=1S/2C5H8O.C2H4O2/c2*6-5-3-1-2-4-5;1-2(3)4/h2*3,6H,1-2,4H2;1H3,(H,3,4). The number of aliphatic hydroxyl groups excluding tert-OH is 2. The van der Waals surface area contributed by atoms with E-state index in [0.717, 1.165) is 45.4 Å². The fourth-order valence-corrected chi connectivity index (χ4v) is 1.31. The Morgan fingerprint density at radius 2 is 1.38 bits per heavy atom. The molecule has 0 unspecified atom stereocenters. The average molecular weight is 228 g/mol. The third-order valence-electron chi connectivity index (χ3n) is 2.03. The zero-order valence-electron chi connectivity index (χ0n) is 9.65. The number of aliphatic carboxylic acids is 1. The molecule has 0 aliphatic heterocycles. The van der Waals surface area contributed by atoms with Crippen molar-refractivity contribution in [2.24, 2.45) is 0 Å². The van der Waals surface area contributed by atoms with Crippen molar-refractivity contribution < 1.29 is 20.1 Å². The van der Waals surface area contributed by atoms with Crippen LogP contribution < -0.4 is 0 Å². The Bertz CT molecular complexity index is 240. The molecule has 0 spiro atoms. The van der Waals surface area contributed by atoms with E-state index in [4.69, 9.17) is 20.1 Å². The molecule has 4 nitrogen and oxygen atoms in total. The molecule has 16 heavy (non-hydrogen) atoms. The van der Waals surface area contributed by atoms with E-state index in [1.54, 1.807) is 0 Å². The molecule has 0 amide bonds. The summed E-state index contributed by atoms with van der Waals surface area (Å²) in [7, 11) is 0. The van der Waals surface area contributed by atoms with Gasteiger partial charge in [0.05, 0.1) is 11.5 Å². The molecule has 0 saturated carbocycles. The molecule has 92 valence electrons. The molecule has 3 N–H and O–H groups in total. The van der Waals surface area contributed by atoms with Gasteiger partial charge in [-0.2, -0.15) is 0 Å². The predicted molar refractivity (Wildman–Crippen MR) is 62.4 cm³/mol. The van der Waals surface area contributed by atoms with Gasteiger partial charge in [0, 0.05) is 19.8 Å². The monoisotopic (exact) mass is 228 g/mol. The molecule has 4 heteroatoms. The summed E-state index contributed by atoms with van der Waals surface area (Å²) in [5, 5.41) is 24.6. The SMILES string of the molecule is CC(=O)O.OC1=CCCC1.OC1=CCCC1. The van der Waals surface area contributed by atoms with Gasteiger partial charge < -0.3 is 15.3 Å². The van der Waals surface area contributed by atoms with Crippen LogP contribution in [0.25, 0.3) is 0 Å². The second-order valence-corrected chi connectivity index (χ2v) is 3.69. The summed E-state index contributed by atoms with van der Waals surface area (Å²) in [5.41, 5.74) is 0. The van der Waals surface area contributed by atoms with E-state index >= 15 is 0 Å². The first kappa shape index (κ1) is 14.6. The van der Waals surface area contributed by atoms with Crippen molar-refractivity contribution in [2.45, 2.75) is 45.4 Å². The summed E-state index contributed by atoms with van der Waals surface area (Å²) in [6.07, 6.45) is 10.00. The van der Waals surface area contributed by atoms with Crippen LogP contribution in [0.4, 0.5) is 0 Å². The Labute approximate surface area is 95.9 Å². The number of rotatable bonds is 0. The summed E-state index contributed by atoms with van der Waals surface area (Å²) in [6.45, 7) is 1.08. The fourth-order valence-electron chi connectivity index (χ4n) is 1.31. The Hall–Kier alpha value is -1.45. The van der Waals surface area contributed by atoms with Gasteiger partial charge in [-0.15, -0.1) is 0 Å². The number of carboxylic acids is 1. The van der Waals surface area contributed by atoms with E-state index in [-0.39, 0.29) is 0 Å². The number of carboxylic acid groups (broad SMARTS) is 1. The molecule has 2 aliphatic carbocycles. The minimum atomic E-state index is -0.833. The molecule has 2 rings (SSSR count). The van der Waals surface area contributed by atoms with Gasteiger partial charge in [0.1, 0.15) is 0 Å². The lowest BCUT2D eigenvalue weighted by atomic mass is 10.4. The molecule has 0 heterocycles. The minimum absolute atomic E-state index is 0.579. The van der Waals surface area contributed by atoms with Crippen LogP contribution in [0.1, 0.15) is 45.4 Å². The maximum atomic E-state index is 9.00. The van der Waals surface area contributed by atoms with Crippen molar-refractivity contribution >= 4 is 5.97 Å². The van der Waals surface area contributed by atoms with Crippen LogP contribution in [0.2, 0.25) is 0 Å². The zero-order valence-corrected chi connectivity index (χ0v) is 9.65. The summed E-state index contributed by atoms with van der Waals surface area (Å²) in [4.78, 5) is 9.00. The maximum absolute atomic E-state index is 9.00. The van der Waals surface area contributed by atoms with Gasteiger partial charge in [0.15, 0.2) is 0 Å². The lowest BCUT2D eigenvalue weighted by molar-refractivity contribution is -0.134. The van der Waals surface area contributed by atoms with Crippen LogP contribution in [0.5, 0.6) is 0 Å². The van der Waals surface area contributed by atoms with Crippen molar-refractivity contribution in [2.75, 3.05) is 0 Å². The number of aliphatic hydroxyl groups is 2. The van der Waals surface area contributed by atoms with E-state index in [9.17, 15) is 0 Å². The van der Waals surface area contributed by atoms with Crippen LogP contribution >= 0.6 is 0 Å². The molecule has 0 atom stereocenters. The number of hydrogen-bond donors (Lipinski definition) is 3. The lowest BCUT2D eigenvalue weighted by Crippen LogP contribution is -1.78. The third-order valence-corrected chi connectivity index (χ3v) is 2.03. The highest BCUT2D eigenvalue weighted by atomic mass is 16.4. The van der Waals surface area contributed by atoms with Crippen LogP contribution in [0, 0.1) is 0 Å². The minimum Gasteiger partial charge on any atom is -0.513 e. The highest BCUT2D eigenvalue weighted by molar-refractivity contribution is 5.62. The average Bonchev–Trinajstić information content (AvgIpc) is 2.78. The van der Waals surface area contributed by atoms with Crippen molar-refractivity contribution in [1.82, 2.24) is 0 Å². The van der Waals surface area contributed by atoms with Crippen molar-refractivity contribution in [1.29, 1.82) is 0 Å². The predicted octanol–water partition coefficient (Wildman–Crippen LogP) is 3.32. The molecule has 0 aromatic carbocycles. The van der Waals surface area contributed by atoms with Gasteiger partial charge in [-0.1, -0.05) is 0 Å². The molecule has 2 aliphatic rings. The van der Waals surface area contributed by atoms with Crippen LogP contribution in [-0.4, -0.2) is 21.3 Å². The first-order valence-corrected chi connectivity index (χ1v) is 5.48. The summed E-state index contributed by atoms with van der Waals surface area (Å²) in [5.74, 6) is 0.324. The maximum Gasteiger partial charge on any atom is 0.300 e. The summed E-state index contributed by atoms with van der Waals surface area (Å²) < 4.78 is 0. The molecule has 0 aromatic rings. The van der Waals surface area contributed by atoms with E-state index in [2.05, 4.69) is 0 Å². The third kappa shape index (κ3) is 10.6. The highest BCUT2D eigenvalue weighted by Gasteiger charge is 1.98. The van der Waals surface area contributed by atoms with E-state index in [0.29, 0.717) is 11.5 Å². The first-order valence-electron chi connectivity index (χ1n) is 5.48. The van der Waals surface area contributed by atoms with Gasteiger partial charge in [-0.05, 0) is 37.8 Å². The van der Waals surface area contributed by atoms with E-state index in [1.807, 2.05) is 12.2 Å². The Morgan fingerprint density at radius 3 is 1.44 bits per heavy atom. The molecule has 0 aromatic heterocycles. The molecule has 0 radical (unpaired) electrons. The molecule has 0 fully saturated rings. The number of carbonyl (C=O) groups is 1. The zero-order chi connectivity index (χ0) is 12.4. The Kier molecular flexibility index (Phi) is 8.03. The number of allylic oxidation sites excluding steroid dienone is 4. The molecule has 0 saturated heterocycles. The fraction of sp³-hybridized carbons (Fsp3) is 0.583. The van der Waals surface area contributed by atoms with Gasteiger partial charge >= 0.3 is 0 Å². The van der Waals surface area contributed by atoms with Gasteiger partial charge in [-0.3, -0.25) is 4.79 Å². The van der Waals surface area contributed by atoms with Crippen LogP contribution in [0.3, 0.4) is 0 Å². The van der Waals surface area contributed by atoms with Gasteiger partial charge in [0.25, 0.3) is 5.97 Å². The largest absolute Gasteiger partial charge is 0.513 e. The van der Waals surface area contributed by atoms with E-state index in [1.165, 1.54) is 0 Å². The van der Waals surface area contributed by atoms with Crippen LogP contribution in [0.15, 0.2) is 23.7 Å². The number of hydrogen-bond acceptors (Lipinski definition) is 3. The lowest BCUT2D eigenvalue weighted by Gasteiger charge is -1.80. The van der Waals surface area contributed by atoms with Crippen LogP contribution in [-0.2, 0) is 4.79 Å². The van der Waals surface area contributed by atoms with Crippen molar-refractivity contribution in [3.63, 3.8) is 0 Å². The smallest absolute Gasteiger partial charge is 0.300 e. The van der Waals surface area contributed by atoms with Gasteiger partial charge in [-0.25, -0.2) is 0 Å².